The Labute approximate surface area is 124 Å². The lowest BCUT2D eigenvalue weighted by Crippen LogP contribution is -2.41. The van der Waals surface area contributed by atoms with E-state index in [-0.39, 0.29) is 5.91 Å². The minimum atomic E-state index is 0.260. The van der Waals surface area contributed by atoms with Crippen LogP contribution in [0.3, 0.4) is 0 Å². The summed E-state index contributed by atoms with van der Waals surface area (Å²) >= 11 is 0. The first-order valence-electron chi connectivity index (χ1n) is 8.33. The van der Waals surface area contributed by atoms with Crippen LogP contribution in [0.5, 0.6) is 0 Å². The third-order valence-corrected chi connectivity index (χ3v) is 4.81. The third-order valence-electron chi connectivity index (χ3n) is 4.81. The third kappa shape index (κ3) is 4.76. The van der Waals surface area contributed by atoms with Gasteiger partial charge in [0.1, 0.15) is 0 Å². The van der Waals surface area contributed by atoms with Crippen LogP contribution in [0.4, 0.5) is 0 Å². The number of carbonyl (C=O) groups is 1. The largest absolute Gasteiger partial charge is 0.353 e. The summed E-state index contributed by atoms with van der Waals surface area (Å²) in [5, 5.41) is 6.76. The predicted molar refractivity (Wildman–Crippen MR) is 83.5 cm³/mol. The van der Waals surface area contributed by atoms with Crippen molar-refractivity contribution < 1.29 is 4.79 Å². The van der Waals surface area contributed by atoms with E-state index >= 15 is 0 Å². The summed E-state index contributed by atoms with van der Waals surface area (Å²) in [7, 11) is 0. The van der Waals surface area contributed by atoms with Gasteiger partial charge in [0.25, 0.3) is 0 Å². The number of rotatable bonds is 4. The van der Waals surface area contributed by atoms with E-state index in [0.717, 1.165) is 24.8 Å². The van der Waals surface area contributed by atoms with E-state index < -0.39 is 0 Å². The number of fused-ring (bicyclic) bond motifs is 1. The van der Waals surface area contributed by atoms with E-state index in [1.54, 1.807) is 0 Å². The van der Waals surface area contributed by atoms with Gasteiger partial charge >= 0.3 is 0 Å². The molecular formula is C17H32N2O. The smallest absolute Gasteiger partial charge is 0.220 e. The predicted octanol–water partition coefficient (Wildman–Crippen LogP) is 2.95. The van der Waals surface area contributed by atoms with Crippen LogP contribution in [0.25, 0.3) is 0 Å². The van der Waals surface area contributed by atoms with Crippen LogP contribution in [-0.4, -0.2) is 25.0 Å². The molecule has 1 heterocycles. The normalized spacial score (nSPS) is 31.7. The van der Waals surface area contributed by atoms with Gasteiger partial charge in [-0.05, 0) is 61.9 Å². The van der Waals surface area contributed by atoms with Crippen LogP contribution in [0, 0.1) is 23.2 Å². The molecule has 3 heteroatoms. The van der Waals surface area contributed by atoms with Crippen LogP contribution in [0.2, 0.25) is 0 Å². The molecule has 0 aromatic rings. The van der Waals surface area contributed by atoms with Gasteiger partial charge in [-0.25, -0.2) is 0 Å². The van der Waals surface area contributed by atoms with Gasteiger partial charge < -0.3 is 10.6 Å². The average Bonchev–Trinajstić information content (AvgIpc) is 2.72. The SMILES string of the molecule is CC(CC(=O)NC1CC[C@H]2CNC[C@H]2C1)CC(C)(C)C. The molecule has 1 saturated heterocycles. The van der Waals surface area contributed by atoms with Crippen molar-refractivity contribution in [3.8, 4) is 0 Å². The van der Waals surface area contributed by atoms with Crippen molar-refractivity contribution in [1.82, 2.24) is 10.6 Å². The fourth-order valence-electron chi connectivity index (χ4n) is 4.15. The molecule has 0 aromatic heterocycles. The second-order valence-electron chi connectivity index (χ2n) is 8.33. The van der Waals surface area contributed by atoms with Gasteiger partial charge in [0.15, 0.2) is 0 Å². The molecule has 2 N–H and O–H groups in total. The maximum atomic E-state index is 12.2. The molecule has 20 heavy (non-hydrogen) atoms. The van der Waals surface area contributed by atoms with Gasteiger partial charge in [-0.1, -0.05) is 27.7 Å². The summed E-state index contributed by atoms with van der Waals surface area (Å²) in [6, 6.07) is 0.422. The standard InChI is InChI=1S/C17H32N2O/c1-12(9-17(2,3)4)7-16(20)19-15-6-5-13-10-18-11-14(13)8-15/h12-15,18H,5-11H2,1-4H3,(H,19,20)/t12?,13-,14+,15?/m0/s1. The summed E-state index contributed by atoms with van der Waals surface area (Å²) in [4.78, 5) is 12.2. The second kappa shape index (κ2) is 6.46. The molecule has 1 amide bonds. The first-order chi connectivity index (χ1) is 9.33. The van der Waals surface area contributed by atoms with Crippen molar-refractivity contribution >= 4 is 5.91 Å². The van der Waals surface area contributed by atoms with Crippen LogP contribution >= 0.6 is 0 Å². The fraction of sp³-hybridized carbons (Fsp3) is 0.941. The van der Waals surface area contributed by atoms with Gasteiger partial charge in [-0.3, -0.25) is 4.79 Å². The first kappa shape index (κ1) is 15.8. The molecule has 2 unspecified atom stereocenters. The molecule has 1 aliphatic heterocycles. The van der Waals surface area contributed by atoms with Crippen molar-refractivity contribution in [2.75, 3.05) is 13.1 Å². The zero-order valence-corrected chi connectivity index (χ0v) is 13.7. The number of carbonyl (C=O) groups excluding carboxylic acids is 1. The highest BCUT2D eigenvalue weighted by molar-refractivity contribution is 5.76. The molecule has 3 nitrogen and oxygen atoms in total. The minimum Gasteiger partial charge on any atom is -0.353 e. The second-order valence-corrected chi connectivity index (χ2v) is 8.33. The van der Waals surface area contributed by atoms with E-state index in [1.807, 2.05) is 0 Å². The Hall–Kier alpha value is -0.570. The van der Waals surface area contributed by atoms with Crippen molar-refractivity contribution in [2.24, 2.45) is 23.2 Å². The minimum absolute atomic E-state index is 0.260. The molecule has 1 aliphatic carbocycles. The summed E-state index contributed by atoms with van der Waals surface area (Å²) in [5.41, 5.74) is 0.313. The van der Waals surface area contributed by atoms with E-state index in [4.69, 9.17) is 0 Å². The quantitative estimate of drug-likeness (QED) is 0.831. The Morgan fingerprint density at radius 3 is 2.65 bits per heavy atom. The van der Waals surface area contributed by atoms with Crippen LogP contribution in [0.15, 0.2) is 0 Å². The van der Waals surface area contributed by atoms with E-state index in [9.17, 15) is 4.79 Å². The van der Waals surface area contributed by atoms with Gasteiger partial charge in [-0.15, -0.1) is 0 Å². The molecule has 4 atom stereocenters. The number of hydrogen-bond donors (Lipinski definition) is 2. The van der Waals surface area contributed by atoms with Crippen LogP contribution in [-0.2, 0) is 4.79 Å². The summed E-state index contributed by atoms with van der Waals surface area (Å²) in [5.74, 6) is 2.39. The molecular weight excluding hydrogens is 248 g/mol. The fourth-order valence-corrected chi connectivity index (χ4v) is 4.15. The first-order valence-corrected chi connectivity index (χ1v) is 8.33. The topological polar surface area (TPSA) is 41.1 Å². The van der Waals surface area contributed by atoms with Gasteiger partial charge in [0, 0.05) is 12.5 Å². The molecule has 0 aromatic carbocycles. The maximum Gasteiger partial charge on any atom is 0.220 e. The molecule has 2 aliphatic rings. The van der Waals surface area contributed by atoms with Crippen LogP contribution < -0.4 is 10.6 Å². The lowest BCUT2D eigenvalue weighted by atomic mass is 9.79. The lowest BCUT2D eigenvalue weighted by molar-refractivity contribution is -0.123. The summed E-state index contributed by atoms with van der Waals surface area (Å²) in [6.07, 6.45) is 5.42. The molecule has 2 fully saturated rings. The Morgan fingerprint density at radius 1 is 1.25 bits per heavy atom. The highest BCUT2D eigenvalue weighted by Crippen LogP contribution is 2.32. The van der Waals surface area contributed by atoms with Gasteiger partial charge in [0.2, 0.25) is 5.91 Å². The van der Waals surface area contributed by atoms with Crippen LogP contribution in [0.1, 0.15) is 59.8 Å². The molecule has 2 rings (SSSR count). The van der Waals surface area contributed by atoms with Crippen molar-refractivity contribution in [3.63, 3.8) is 0 Å². The number of hydrogen-bond acceptors (Lipinski definition) is 2. The monoisotopic (exact) mass is 280 g/mol. The molecule has 0 radical (unpaired) electrons. The Kier molecular flexibility index (Phi) is 5.11. The average molecular weight is 280 g/mol. The van der Waals surface area contributed by atoms with Gasteiger partial charge in [-0.2, -0.15) is 0 Å². The van der Waals surface area contributed by atoms with E-state index in [0.29, 0.717) is 23.8 Å². The Morgan fingerprint density at radius 2 is 1.95 bits per heavy atom. The Bertz CT molecular complexity index is 334. The molecule has 1 saturated carbocycles. The van der Waals surface area contributed by atoms with E-state index in [1.165, 1.54) is 25.8 Å². The Balaban J connectivity index is 1.72. The molecule has 116 valence electrons. The van der Waals surface area contributed by atoms with E-state index in [2.05, 4.69) is 38.3 Å². The van der Waals surface area contributed by atoms with Crippen molar-refractivity contribution in [2.45, 2.75) is 65.8 Å². The lowest BCUT2D eigenvalue weighted by Gasteiger charge is -2.32. The highest BCUT2D eigenvalue weighted by atomic mass is 16.1. The zero-order chi connectivity index (χ0) is 14.8. The highest BCUT2D eigenvalue weighted by Gasteiger charge is 2.34. The van der Waals surface area contributed by atoms with Gasteiger partial charge in [0.05, 0.1) is 0 Å². The zero-order valence-electron chi connectivity index (χ0n) is 13.7. The number of nitrogens with one attached hydrogen (secondary N) is 2. The number of amides is 1. The van der Waals surface area contributed by atoms with Crippen molar-refractivity contribution in [1.29, 1.82) is 0 Å². The molecule has 0 spiro atoms. The maximum absolute atomic E-state index is 12.2. The summed E-state index contributed by atoms with van der Waals surface area (Å²) in [6.45, 7) is 11.3. The summed E-state index contributed by atoms with van der Waals surface area (Å²) < 4.78 is 0. The van der Waals surface area contributed by atoms with Crippen molar-refractivity contribution in [3.05, 3.63) is 0 Å². The molecule has 0 bridgehead atoms.